The fourth-order valence-corrected chi connectivity index (χ4v) is 17.7. The van der Waals surface area contributed by atoms with Crippen LogP contribution in [0.3, 0.4) is 0 Å². The first-order valence-electron chi connectivity index (χ1n) is 11.9. The second kappa shape index (κ2) is 2.03. The van der Waals surface area contributed by atoms with Crippen molar-refractivity contribution in [3.8, 4) is 0 Å². The molecule has 0 amide bonds. The van der Waals surface area contributed by atoms with Gasteiger partial charge in [-0.15, -0.1) is 0 Å². The van der Waals surface area contributed by atoms with Crippen LogP contribution in [0, 0.1) is 91.7 Å². The van der Waals surface area contributed by atoms with E-state index < -0.39 is 0 Å². The molecule has 0 aliphatic heterocycles. The van der Waals surface area contributed by atoms with Crippen LogP contribution >= 0.6 is 0 Å². The zero-order valence-electron chi connectivity index (χ0n) is 14.4. The average molecular weight is 314 g/mol. The van der Waals surface area contributed by atoms with Gasteiger partial charge in [-0.3, -0.25) is 0 Å². The molecule has 122 valence electrons. The minimum Gasteiger partial charge on any atom is -0.0533 e. The molecule has 0 saturated heterocycles. The van der Waals surface area contributed by atoms with E-state index in [0.717, 1.165) is 32.5 Å². The fourth-order valence-electron chi connectivity index (χ4n) is 17.7. The lowest BCUT2D eigenvalue weighted by atomic mass is 8.66. The van der Waals surface area contributed by atoms with E-state index in [4.69, 9.17) is 0 Å². The van der Waals surface area contributed by atoms with Gasteiger partial charge in [0.1, 0.15) is 0 Å². The van der Waals surface area contributed by atoms with E-state index in [0.29, 0.717) is 0 Å². The van der Waals surface area contributed by atoms with E-state index in [1.807, 2.05) is 0 Å². The van der Waals surface area contributed by atoms with E-state index in [-0.39, 0.29) is 0 Å². The molecule has 0 heterocycles. The first-order valence-corrected chi connectivity index (χ1v) is 11.9. The maximum Gasteiger partial charge on any atom is -0.00573 e. The molecule has 0 aromatic heterocycles. The Morgan fingerprint density at radius 1 is 0.375 bits per heavy atom. The molecular weight excluding hydrogens is 288 g/mol. The van der Waals surface area contributed by atoms with Gasteiger partial charge in [0.2, 0.25) is 0 Å². The van der Waals surface area contributed by atoms with Gasteiger partial charge < -0.3 is 0 Å². The van der Waals surface area contributed by atoms with Gasteiger partial charge in [0.25, 0.3) is 0 Å². The molecular formula is C24H26. The van der Waals surface area contributed by atoms with Crippen LogP contribution in [0.5, 0.6) is 0 Å². The topological polar surface area (TPSA) is 0 Å². The van der Waals surface area contributed by atoms with Crippen LogP contribution in [0.2, 0.25) is 0 Å². The van der Waals surface area contributed by atoms with Crippen molar-refractivity contribution in [2.24, 2.45) is 91.7 Å². The maximum absolute atomic E-state index is 1.74. The molecule has 0 aromatic rings. The Hall–Kier alpha value is 0. The first kappa shape index (κ1) is 10.4. The second-order valence-corrected chi connectivity index (χ2v) is 13.4. The monoisotopic (exact) mass is 314 g/mol. The van der Waals surface area contributed by atoms with E-state index in [2.05, 4.69) is 0 Å². The van der Waals surface area contributed by atoms with Crippen molar-refractivity contribution in [2.75, 3.05) is 0 Å². The summed E-state index contributed by atoms with van der Waals surface area (Å²) in [5.74, 6) is 13.3. The zero-order valence-corrected chi connectivity index (χ0v) is 14.4. The summed E-state index contributed by atoms with van der Waals surface area (Å²) in [4.78, 5) is 0. The highest BCUT2D eigenvalue weighted by Crippen LogP contribution is 3.37. The van der Waals surface area contributed by atoms with Crippen LogP contribution in [0.15, 0.2) is 0 Å². The van der Waals surface area contributed by atoms with Gasteiger partial charge in [0.05, 0.1) is 0 Å². The Bertz CT molecular complexity index is 777. The largest absolute Gasteiger partial charge is 0.0533 e. The number of rotatable bonds is 0. The van der Waals surface area contributed by atoms with Crippen molar-refractivity contribution in [1.29, 1.82) is 0 Å². The zero-order chi connectivity index (χ0) is 14.4. The van der Waals surface area contributed by atoms with E-state index in [9.17, 15) is 0 Å². The summed E-state index contributed by atoms with van der Waals surface area (Å²) in [7, 11) is 0. The summed E-state index contributed by atoms with van der Waals surface area (Å²) in [6, 6.07) is 0. The number of fused-ring (bicyclic) bond motifs is 6. The van der Waals surface area contributed by atoms with Crippen molar-refractivity contribution < 1.29 is 0 Å². The molecule has 12 unspecified atom stereocenters. The highest BCUT2D eigenvalue weighted by molar-refractivity contribution is 5.80. The lowest BCUT2D eigenvalue weighted by Gasteiger charge is -3.37. The number of hydrogen-bond acceptors (Lipinski definition) is 0. The summed E-state index contributed by atoms with van der Waals surface area (Å²) in [5.41, 5.74) is 6.61. The van der Waals surface area contributed by atoms with E-state index >= 15 is 0 Å². The summed E-state index contributed by atoms with van der Waals surface area (Å²) < 4.78 is 0. The van der Waals surface area contributed by atoms with Crippen LogP contribution < -0.4 is 0 Å². The smallest absolute Gasteiger partial charge is 0.00573 e. The molecule has 0 bridgehead atoms. The molecule has 0 heteroatoms. The predicted octanol–water partition coefficient (Wildman–Crippen LogP) is 4.35. The van der Waals surface area contributed by atoms with Crippen molar-refractivity contribution >= 4 is 0 Å². The normalized spacial score (nSPS) is 101. The summed E-state index contributed by atoms with van der Waals surface area (Å²) in [5, 5.41) is 0. The van der Waals surface area contributed by atoms with Gasteiger partial charge in [0, 0.05) is 0 Å². The molecule has 13 rings (SSSR count). The number of hydrogen-bond donors (Lipinski definition) is 0. The van der Waals surface area contributed by atoms with Gasteiger partial charge in [0.15, 0.2) is 0 Å². The van der Waals surface area contributed by atoms with Crippen molar-refractivity contribution in [1.82, 2.24) is 0 Å². The average Bonchev–Trinajstić information content (AvgIpc) is 2.40. The van der Waals surface area contributed by atoms with Crippen molar-refractivity contribution in [3.63, 3.8) is 0 Å². The van der Waals surface area contributed by atoms with E-state index in [1.165, 1.54) is 84.9 Å². The van der Waals surface area contributed by atoms with Crippen LogP contribution in [-0.2, 0) is 0 Å². The molecule has 0 radical (unpaired) electrons. The highest BCUT2D eigenvalue weighted by Gasteiger charge is 3.35. The Morgan fingerprint density at radius 2 is 0.667 bits per heavy atom. The molecule has 13 fully saturated rings. The lowest BCUT2D eigenvalue weighted by molar-refractivity contribution is -0.912. The maximum atomic E-state index is 1.74. The highest BCUT2D eigenvalue weighted by atomic mass is 15.4. The molecule has 0 aromatic carbocycles. The molecule has 12 atom stereocenters. The molecule has 0 nitrogen and oxygen atoms in total. The summed E-state index contributed by atoms with van der Waals surface area (Å²) >= 11 is 0. The Kier molecular flexibility index (Phi) is 0.878. The minimum absolute atomic E-state index is 1.10. The van der Waals surface area contributed by atoms with Crippen LogP contribution in [0.1, 0.15) is 51.4 Å². The molecule has 0 N–H and O–H groups in total. The van der Waals surface area contributed by atoms with Crippen LogP contribution in [0.4, 0.5) is 0 Å². The van der Waals surface area contributed by atoms with Gasteiger partial charge in [-0.2, -0.15) is 0 Å². The molecule has 6 spiro atoms. The third-order valence-electron chi connectivity index (χ3n) is 16.0. The third kappa shape index (κ3) is 0.348. The molecule has 13 saturated carbocycles. The molecule has 13 aliphatic carbocycles. The molecule has 13 aliphatic rings. The van der Waals surface area contributed by atoms with Gasteiger partial charge >= 0.3 is 0 Å². The van der Waals surface area contributed by atoms with E-state index in [1.54, 1.807) is 25.7 Å². The van der Waals surface area contributed by atoms with Crippen LogP contribution in [0.25, 0.3) is 0 Å². The minimum atomic E-state index is 1.10. The summed E-state index contributed by atoms with van der Waals surface area (Å²) in [6.07, 6.45) is 13.0. The quantitative estimate of drug-likeness (QED) is 0.623. The van der Waals surface area contributed by atoms with Crippen molar-refractivity contribution in [3.05, 3.63) is 0 Å². The third-order valence-corrected chi connectivity index (χ3v) is 16.0. The summed E-state index contributed by atoms with van der Waals surface area (Å²) in [6.45, 7) is 0. The Morgan fingerprint density at radius 3 is 0.917 bits per heavy atom. The van der Waals surface area contributed by atoms with Gasteiger partial charge in [-0.1, -0.05) is 25.7 Å². The predicted molar refractivity (Wildman–Crippen MR) is 86.4 cm³/mol. The Labute approximate surface area is 143 Å². The standard InChI is InChI=1S/C20H18.C4H8/c1-5-6-2-11-14-12-4-8-7-3-10-13-9(1)15(5)16(6,11)20(14)18(8,12)17(7,10)19(13,15)20;1-2-4-3-1/h5-14H,1-4H2;1-4H2. The SMILES string of the molecule is C1C2C3CC4C5C6CC7C8CC9C%10C1C21C34C52C76C89C%1012.C1CCC1. The molecule has 24 heavy (non-hydrogen) atoms. The Balaban J connectivity index is 0.000000214. The lowest BCUT2D eigenvalue weighted by Crippen LogP contribution is -3.34. The first-order chi connectivity index (χ1) is 11.9. The van der Waals surface area contributed by atoms with Gasteiger partial charge in [-0.05, 0) is 117 Å². The second-order valence-electron chi connectivity index (χ2n) is 13.4. The van der Waals surface area contributed by atoms with Crippen molar-refractivity contribution in [2.45, 2.75) is 51.4 Å². The van der Waals surface area contributed by atoms with Crippen LogP contribution in [-0.4, -0.2) is 0 Å². The van der Waals surface area contributed by atoms with Gasteiger partial charge in [-0.25, -0.2) is 0 Å². The fraction of sp³-hybridized carbons (Fsp3) is 1.00.